The lowest BCUT2D eigenvalue weighted by Gasteiger charge is -2.43. The SMILES string of the molecule is CC1CCCN(C(C)(C)CNC(=O)Cc2ccc(C(F)(F)F)cc2)C1. The maximum absolute atomic E-state index is 12.6. The molecule has 140 valence electrons. The van der Waals surface area contributed by atoms with Gasteiger partial charge in [0.2, 0.25) is 5.91 Å². The van der Waals surface area contributed by atoms with Gasteiger partial charge < -0.3 is 5.32 Å². The fourth-order valence-corrected chi connectivity index (χ4v) is 3.23. The van der Waals surface area contributed by atoms with Crippen LogP contribution in [0.15, 0.2) is 24.3 Å². The van der Waals surface area contributed by atoms with Crippen molar-refractivity contribution in [1.82, 2.24) is 10.2 Å². The first-order chi connectivity index (χ1) is 11.6. The molecule has 1 N–H and O–H groups in total. The minimum absolute atomic E-state index is 0.0879. The molecule has 1 fully saturated rings. The van der Waals surface area contributed by atoms with Gasteiger partial charge in [-0.2, -0.15) is 13.2 Å². The molecular formula is C19H27F3N2O. The van der Waals surface area contributed by atoms with Crippen LogP contribution in [0.5, 0.6) is 0 Å². The zero-order valence-electron chi connectivity index (χ0n) is 15.1. The zero-order chi connectivity index (χ0) is 18.7. The number of nitrogens with one attached hydrogen (secondary N) is 1. The molecule has 2 rings (SSSR count). The normalized spacial score (nSPS) is 19.7. The lowest BCUT2D eigenvalue weighted by Crippen LogP contribution is -2.54. The maximum atomic E-state index is 12.6. The van der Waals surface area contributed by atoms with Crippen molar-refractivity contribution in [1.29, 1.82) is 0 Å². The smallest absolute Gasteiger partial charge is 0.354 e. The Bertz CT molecular complexity index is 581. The first kappa shape index (κ1) is 19.8. The van der Waals surface area contributed by atoms with Crippen molar-refractivity contribution in [3.05, 3.63) is 35.4 Å². The Kier molecular flexibility index (Phi) is 6.14. The molecule has 1 unspecified atom stereocenters. The standard InChI is InChI=1S/C19H27F3N2O/c1-14-5-4-10-24(12-14)18(2,3)13-23-17(25)11-15-6-8-16(9-7-15)19(20,21)22/h6-9,14H,4-5,10-13H2,1-3H3,(H,23,25). The average molecular weight is 356 g/mol. The molecule has 1 aromatic carbocycles. The minimum atomic E-state index is -4.35. The zero-order valence-corrected chi connectivity index (χ0v) is 15.1. The maximum Gasteiger partial charge on any atom is 0.416 e. The minimum Gasteiger partial charge on any atom is -0.354 e. The predicted octanol–water partition coefficient (Wildman–Crippen LogP) is 3.87. The summed E-state index contributed by atoms with van der Waals surface area (Å²) in [6.07, 6.45) is -1.85. The van der Waals surface area contributed by atoms with E-state index < -0.39 is 11.7 Å². The Balaban J connectivity index is 1.85. The highest BCUT2D eigenvalue weighted by molar-refractivity contribution is 5.78. The summed E-state index contributed by atoms with van der Waals surface area (Å²) in [5.41, 5.74) is -0.253. The second-order valence-electron chi connectivity index (χ2n) is 7.65. The second kappa shape index (κ2) is 7.77. The topological polar surface area (TPSA) is 32.3 Å². The number of piperidine rings is 1. The number of likely N-dealkylation sites (tertiary alicyclic amines) is 1. The Labute approximate surface area is 147 Å². The van der Waals surface area contributed by atoms with Crippen molar-refractivity contribution in [2.75, 3.05) is 19.6 Å². The fourth-order valence-electron chi connectivity index (χ4n) is 3.23. The molecule has 6 heteroatoms. The molecule has 1 atom stereocenters. The molecule has 1 aromatic rings. The van der Waals surface area contributed by atoms with Crippen LogP contribution in [0, 0.1) is 5.92 Å². The molecule has 1 heterocycles. The van der Waals surface area contributed by atoms with Gasteiger partial charge >= 0.3 is 6.18 Å². The largest absolute Gasteiger partial charge is 0.416 e. The average Bonchev–Trinajstić information content (AvgIpc) is 2.53. The van der Waals surface area contributed by atoms with Gasteiger partial charge in [-0.05, 0) is 56.8 Å². The third kappa shape index (κ3) is 5.73. The third-order valence-electron chi connectivity index (χ3n) is 4.88. The van der Waals surface area contributed by atoms with Gasteiger partial charge in [0, 0.05) is 18.6 Å². The molecule has 0 saturated carbocycles. The van der Waals surface area contributed by atoms with Gasteiger partial charge in [-0.15, -0.1) is 0 Å². The second-order valence-corrected chi connectivity index (χ2v) is 7.65. The van der Waals surface area contributed by atoms with Crippen LogP contribution in [0.1, 0.15) is 44.7 Å². The van der Waals surface area contributed by atoms with Gasteiger partial charge in [-0.3, -0.25) is 9.69 Å². The highest BCUT2D eigenvalue weighted by Gasteiger charge is 2.31. The quantitative estimate of drug-likeness (QED) is 0.868. The van der Waals surface area contributed by atoms with Crippen LogP contribution in [0.2, 0.25) is 0 Å². The van der Waals surface area contributed by atoms with Crippen molar-refractivity contribution >= 4 is 5.91 Å². The van der Waals surface area contributed by atoms with Gasteiger partial charge in [0.1, 0.15) is 0 Å². The van der Waals surface area contributed by atoms with Crippen LogP contribution < -0.4 is 5.32 Å². The summed E-state index contributed by atoms with van der Waals surface area (Å²) < 4.78 is 37.7. The number of carbonyl (C=O) groups is 1. The van der Waals surface area contributed by atoms with Gasteiger partial charge in [0.25, 0.3) is 0 Å². The number of halogens is 3. The van der Waals surface area contributed by atoms with E-state index in [0.29, 0.717) is 18.0 Å². The van der Waals surface area contributed by atoms with Crippen molar-refractivity contribution in [2.24, 2.45) is 5.92 Å². The molecule has 0 spiro atoms. The molecular weight excluding hydrogens is 329 g/mol. The Hall–Kier alpha value is -1.56. The highest BCUT2D eigenvalue weighted by Crippen LogP contribution is 2.29. The first-order valence-electron chi connectivity index (χ1n) is 8.76. The van der Waals surface area contributed by atoms with E-state index >= 15 is 0 Å². The van der Waals surface area contributed by atoms with E-state index in [0.717, 1.165) is 25.2 Å². The van der Waals surface area contributed by atoms with Crippen LogP contribution in [0.4, 0.5) is 13.2 Å². The van der Waals surface area contributed by atoms with Gasteiger partial charge in [0.15, 0.2) is 0 Å². The molecule has 1 aliphatic rings. The van der Waals surface area contributed by atoms with Crippen LogP contribution in [0.3, 0.4) is 0 Å². The lowest BCUT2D eigenvalue weighted by molar-refractivity contribution is -0.137. The van der Waals surface area contributed by atoms with E-state index in [1.807, 2.05) is 0 Å². The van der Waals surface area contributed by atoms with Crippen LogP contribution in [-0.4, -0.2) is 36.0 Å². The fraction of sp³-hybridized carbons (Fsp3) is 0.632. The monoisotopic (exact) mass is 356 g/mol. The summed E-state index contributed by atoms with van der Waals surface area (Å²) in [5.74, 6) is 0.494. The van der Waals surface area contributed by atoms with Crippen LogP contribution in [0.25, 0.3) is 0 Å². The number of alkyl halides is 3. The summed E-state index contributed by atoms with van der Waals surface area (Å²) in [6, 6.07) is 4.75. The molecule has 0 bridgehead atoms. The number of hydrogen-bond acceptors (Lipinski definition) is 2. The number of rotatable bonds is 5. The molecule has 0 aliphatic carbocycles. The van der Waals surface area contributed by atoms with E-state index in [1.54, 1.807) is 0 Å². The number of benzene rings is 1. The van der Waals surface area contributed by atoms with Gasteiger partial charge in [-0.1, -0.05) is 19.1 Å². The summed E-state index contributed by atoms with van der Waals surface area (Å²) in [5, 5.41) is 2.93. The van der Waals surface area contributed by atoms with Crippen LogP contribution >= 0.6 is 0 Å². The number of amides is 1. The lowest BCUT2D eigenvalue weighted by atomic mass is 9.93. The predicted molar refractivity (Wildman–Crippen MR) is 92.2 cm³/mol. The van der Waals surface area contributed by atoms with E-state index in [9.17, 15) is 18.0 Å². The van der Waals surface area contributed by atoms with E-state index in [2.05, 4.69) is 31.0 Å². The van der Waals surface area contributed by atoms with E-state index in [4.69, 9.17) is 0 Å². The molecule has 25 heavy (non-hydrogen) atoms. The highest BCUT2D eigenvalue weighted by atomic mass is 19.4. The van der Waals surface area contributed by atoms with E-state index in [1.165, 1.54) is 25.0 Å². The molecule has 0 radical (unpaired) electrons. The van der Waals surface area contributed by atoms with Crippen molar-refractivity contribution < 1.29 is 18.0 Å². The van der Waals surface area contributed by atoms with E-state index in [-0.39, 0.29) is 17.9 Å². The number of hydrogen-bond donors (Lipinski definition) is 1. The van der Waals surface area contributed by atoms with Crippen molar-refractivity contribution in [3.8, 4) is 0 Å². The Morgan fingerprint density at radius 2 is 1.88 bits per heavy atom. The van der Waals surface area contributed by atoms with Crippen molar-refractivity contribution in [2.45, 2.75) is 51.7 Å². The van der Waals surface area contributed by atoms with Crippen molar-refractivity contribution in [3.63, 3.8) is 0 Å². The Morgan fingerprint density at radius 1 is 1.24 bits per heavy atom. The molecule has 1 aliphatic heterocycles. The number of carbonyl (C=O) groups excluding carboxylic acids is 1. The number of nitrogens with zero attached hydrogens (tertiary/aromatic N) is 1. The summed E-state index contributed by atoms with van der Waals surface area (Å²) >= 11 is 0. The summed E-state index contributed by atoms with van der Waals surface area (Å²) in [7, 11) is 0. The summed E-state index contributed by atoms with van der Waals surface area (Å²) in [6.45, 7) is 9.06. The molecule has 0 aromatic heterocycles. The summed E-state index contributed by atoms with van der Waals surface area (Å²) in [4.78, 5) is 14.5. The van der Waals surface area contributed by atoms with Gasteiger partial charge in [-0.25, -0.2) is 0 Å². The first-order valence-corrected chi connectivity index (χ1v) is 8.76. The molecule has 1 saturated heterocycles. The third-order valence-corrected chi connectivity index (χ3v) is 4.88. The molecule has 3 nitrogen and oxygen atoms in total. The Morgan fingerprint density at radius 3 is 2.44 bits per heavy atom. The molecule has 1 amide bonds. The van der Waals surface area contributed by atoms with Gasteiger partial charge in [0.05, 0.1) is 12.0 Å². The van der Waals surface area contributed by atoms with Crippen LogP contribution in [-0.2, 0) is 17.4 Å².